The fourth-order valence-electron chi connectivity index (χ4n) is 2.76. The molecule has 0 radical (unpaired) electrons. The van der Waals surface area contributed by atoms with Crippen LogP contribution in [0, 0.1) is 6.92 Å². The molecular formula is C22H24N4O6S. The summed E-state index contributed by atoms with van der Waals surface area (Å²) in [6.45, 7) is 4.73. The molecule has 0 spiro atoms. The zero-order valence-corrected chi connectivity index (χ0v) is 19.4. The molecule has 33 heavy (non-hydrogen) atoms. The fraction of sp³-hybridized carbons (Fsp3) is 0.273. The first-order valence-electron chi connectivity index (χ1n) is 9.85. The number of hydrogen-bond donors (Lipinski definition) is 2. The van der Waals surface area contributed by atoms with Crippen LogP contribution in [0.2, 0.25) is 0 Å². The van der Waals surface area contributed by atoms with Gasteiger partial charge in [-0.2, -0.15) is 0 Å². The van der Waals surface area contributed by atoms with Gasteiger partial charge in [0.05, 0.1) is 31.3 Å². The van der Waals surface area contributed by atoms with Crippen LogP contribution in [0.15, 0.2) is 53.7 Å². The minimum absolute atomic E-state index is 0.0357. The molecule has 0 fully saturated rings. The standard InChI is InChI=1S/C22H24N4O6S/c1-14-12-24-19(20(25-14)31-4)26-33(29,30)17-6-5-11-23-18(17)16-9-7-15(8-10-16)13-32-22(2,3)21(27)28/h5-12H,13H2,1-4H3,(H,24,26)(H,27,28). The molecule has 2 heterocycles. The number of nitrogens with zero attached hydrogens (tertiary/aromatic N) is 3. The summed E-state index contributed by atoms with van der Waals surface area (Å²) in [5.41, 5.74) is 0.771. The second kappa shape index (κ2) is 9.51. The molecule has 11 heteroatoms. The Hall–Kier alpha value is -3.57. The van der Waals surface area contributed by atoms with Crippen LogP contribution in [0.3, 0.4) is 0 Å². The molecule has 174 valence electrons. The van der Waals surface area contributed by atoms with Crippen molar-refractivity contribution in [1.29, 1.82) is 0 Å². The van der Waals surface area contributed by atoms with E-state index in [1.54, 1.807) is 31.2 Å². The zero-order valence-electron chi connectivity index (χ0n) is 18.6. The first-order chi connectivity index (χ1) is 15.5. The molecule has 0 bridgehead atoms. The number of hydrogen-bond acceptors (Lipinski definition) is 8. The lowest BCUT2D eigenvalue weighted by Gasteiger charge is -2.20. The molecule has 3 rings (SSSR count). The first-order valence-corrected chi connectivity index (χ1v) is 11.3. The molecule has 2 aromatic heterocycles. The third kappa shape index (κ3) is 5.62. The molecule has 0 atom stereocenters. The zero-order chi connectivity index (χ0) is 24.2. The van der Waals surface area contributed by atoms with Crippen molar-refractivity contribution in [1.82, 2.24) is 15.0 Å². The van der Waals surface area contributed by atoms with E-state index in [1.807, 2.05) is 0 Å². The summed E-state index contributed by atoms with van der Waals surface area (Å²) in [6.07, 6.45) is 2.92. The molecule has 10 nitrogen and oxygen atoms in total. The number of carboxylic acids is 1. The van der Waals surface area contributed by atoms with Crippen molar-refractivity contribution in [2.45, 2.75) is 37.9 Å². The number of rotatable bonds is 9. The number of sulfonamides is 1. The smallest absolute Gasteiger partial charge is 0.335 e. The van der Waals surface area contributed by atoms with Gasteiger partial charge in [0.2, 0.25) is 5.82 Å². The van der Waals surface area contributed by atoms with Crippen molar-refractivity contribution in [3.8, 4) is 17.1 Å². The van der Waals surface area contributed by atoms with Crippen LogP contribution in [0.4, 0.5) is 5.82 Å². The highest BCUT2D eigenvalue weighted by atomic mass is 32.2. The highest BCUT2D eigenvalue weighted by molar-refractivity contribution is 7.92. The van der Waals surface area contributed by atoms with Crippen LogP contribution in [0.1, 0.15) is 25.1 Å². The average molecular weight is 473 g/mol. The lowest BCUT2D eigenvalue weighted by molar-refractivity contribution is -0.162. The Bertz CT molecular complexity index is 1260. The maximum Gasteiger partial charge on any atom is 0.335 e. The maximum absolute atomic E-state index is 13.1. The summed E-state index contributed by atoms with van der Waals surface area (Å²) in [5.74, 6) is -1.05. The molecule has 3 aromatic rings. The lowest BCUT2D eigenvalue weighted by atomic mass is 10.1. The van der Waals surface area contributed by atoms with Crippen molar-refractivity contribution in [3.05, 3.63) is 60.0 Å². The van der Waals surface area contributed by atoms with Crippen molar-refractivity contribution in [3.63, 3.8) is 0 Å². The fourth-order valence-corrected chi connectivity index (χ4v) is 3.95. The highest BCUT2D eigenvalue weighted by Crippen LogP contribution is 2.29. The number of benzene rings is 1. The molecule has 0 unspecified atom stereocenters. The van der Waals surface area contributed by atoms with E-state index in [-0.39, 0.29) is 28.9 Å². The summed E-state index contributed by atoms with van der Waals surface area (Å²) in [7, 11) is -2.70. The molecule has 0 amide bonds. The molecular weight excluding hydrogens is 448 g/mol. The first kappa shape index (κ1) is 24.1. The normalized spacial score (nSPS) is 11.8. The number of anilines is 1. The number of aryl methyl sites for hydroxylation is 1. The van der Waals surface area contributed by atoms with Crippen LogP contribution >= 0.6 is 0 Å². The van der Waals surface area contributed by atoms with Gasteiger partial charge in [0.1, 0.15) is 4.90 Å². The topological polar surface area (TPSA) is 141 Å². The molecule has 0 aliphatic heterocycles. The van der Waals surface area contributed by atoms with Crippen LogP contribution < -0.4 is 9.46 Å². The predicted molar refractivity (Wildman–Crippen MR) is 120 cm³/mol. The van der Waals surface area contributed by atoms with Crippen LogP contribution in [0.5, 0.6) is 5.88 Å². The Morgan fingerprint density at radius 2 is 1.85 bits per heavy atom. The second-order valence-corrected chi connectivity index (χ2v) is 9.28. The van der Waals surface area contributed by atoms with Crippen molar-refractivity contribution in [2.24, 2.45) is 0 Å². The Balaban J connectivity index is 1.88. The van der Waals surface area contributed by atoms with E-state index in [2.05, 4.69) is 19.7 Å². The number of aliphatic carboxylic acids is 1. The third-order valence-electron chi connectivity index (χ3n) is 4.69. The molecule has 0 aliphatic rings. The van der Waals surface area contributed by atoms with E-state index in [4.69, 9.17) is 14.6 Å². The molecule has 1 aromatic carbocycles. The Labute approximate surface area is 191 Å². The van der Waals surface area contributed by atoms with Gasteiger partial charge < -0.3 is 14.6 Å². The lowest BCUT2D eigenvalue weighted by Crippen LogP contribution is -2.34. The Morgan fingerprint density at radius 1 is 1.15 bits per heavy atom. The minimum atomic E-state index is -4.07. The van der Waals surface area contributed by atoms with Crippen molar-refractivity contribution in [2.75, 3.05) is 11.8 Å². The number of nitrogens with one attached hydrogen (secondary N) is 1. The van der Waals surface area contributed by atoms with Gasteiger partial charge in [0, 0.05) is 11.8 Å². The summed E-state index contributed by atoms with van der Waals surface area (Å²) >= 11 is 0. The van der Waals surface area contributed by atoms with Gasteiger partial charge in [-0.25, -0.2) is 23.2 Å². The van der Waals surface area contributed by atoms with Crippen LogP contribution in [0.25, 0.3) is 11.3 Å². The molecule has 2 N–H and O–H groups in total. The quantitative estimate of drug-likeness (QED) is 0.481. The van der Waals surface area contributed by atoms with E-state index in [0.717, 1.165) is 5.56 Å². The van der Waals surface area contributed by atoms with Crippen LogP contribution in [-0.4, -0.2) is 47.2 Å². The number of pyridine rings is 1. The Morgan fingerprint density at radius 3 is 2.48 bits per heavy atom. The SMILES string of the molecule is COc1nc(C)cnc1NS(=O)(=O)c1cccnc1-c1ccc(COC(C)(C)C(=O)O)cc1. The van der Waals surface area contributed by atoms with Crippen molar-refractivity contribution >= 4 is 21.8 Å². The van der Waals surface area contributed by atoms with Gasteiger partial charge in [-0.1, -0.05) is 24.3 Å². The second-order valence-electron chi connectivity index (χ2n) is 7.63. The van der Waals surface area contributed by atoms with E-state index in [0.29, 0.717) is 11.3 Å². The van der Waals surface area contributed by atoms with Crippen molar-refractivity contribution < 1.29 is 27.8 Å². The third-order valence-corrected chi connectivity index (χ3v) is 6.06. The predicted octanol–water partition coefficient (Wildman–Crippen LogP) is 3.04. The number of carbonyl (C=O) groups is 1. The van der Waals surface area contributed by atoms with E-state index in [9.17, 15) is 13.2 Å². The summed E-state index contributed by atoms with van der Waals surface area (Å²) in [6, 6.07) is 9.79. The van der Waals surface area contributed by atoms with Gasteiger partial charge >= 0.3 is 5.97 Å². The molecule has 0 aliphatic carbocycles. The molecule has 0 saturated heterocycles. The monoisotopic (exact) mass is 472 g/mol. The average Bonchev–Trinajstić information content (AvgIpc) is 2.79. The summed E-state index contributed by atoms with van der Waals surface area (Å²) in [4.78, 5) is 23.6. The van der Waals surface area contributed by atoms with Gasteiger partial charge in [-0.15, -0.1) is 0 Å². The largest absolute Gasteiger partial charge is 0.479 e. The minimum Gasteiger partial charge on any atom is -0.479 e. The van der Waals surface area contributed by atoms with Gasteiger partial charge in [0.15, 0.2) is 5.60 Å². The van der Waals surface area contributed by atoms with E-state index in [1.165, 1.54) is 45.5 Å². The number of methoxy groups -OCH3 is 1. The number of carboxylic acid groups (broad SMARTS) is 1. The van der Waals surface area contributed by atoms with Gasteiger partial charge in [0.25, 0.3) is 15.9 Å². The van der Waals surface area contributed by atoms with E-state index >= 15 is 0 Å². The van der Waals surface area contributed by atoms with E-state index < -0.39 is 21.6 Å². The number of ether oxygens (including phenoxy) is 2. The Kier molecular flexibility index (Phi) is 6.94. The summed E-state index contributed by atoms with van der Waals surface area (Å²) in [5, 5.41) is 9.16. The molecule has 0 saturated carbocycles. The van der Waals surface area contributed by atoms with Gasteiger partial charge in [-0.05, 0) is 38.5 Å². The highest BCUT2D eigenvalue weighted by Gasteiger charge is 2.28. The number of aromatic nitrogens is 3. The van der Waals surface area contributed by atoms with Gasteiger partial charge in [-0.3, -0.25) is 9.71 Å². The maximum atomic E-state index is 13.1. The summed E-state index contributed by atoms with van der Waals surface area (Å²) < 4.78 is 39.3. The van der Waals surface area contributed by atoms with Crippen LogP contribution in [-0.2, 0) is 26.2 Å².